The summed E-state index contributed by atoms with van der Waals surface area (Å²) in [5.41, 5.74) is 3.95. The molecule has 0 saturated heterocycles. The predicted molar refractivity (Wildman–Crippen MR) is 128 cm³/mol. The zero-order valence-electron chi connectivity index (χ0n) is 20.2. The van der Waals surface area contributed by atoms with Crippen molar-refractivity contribution in [1.29, 1.82) is 0 Å². The molecule has 0 aromatic heterocycles. The molecule has 2 aromatic carbocycles. The van der Waals surface area contributed by atoms with Gasteiger partial charge in [0.2, 0.25) is 0 Å². The maximum atomic E-state index is 13.4. The van der Waals surface area contributed by atoms with Crippen LogP contribution in [-0.2, 0) is 14.3 Å². The Morgan fingerprint density at radius 2 is 1.61 bits per heavy atom. The number of nitrogens with one attached hydrogen (secondary N) is 1. The van der Waals surface area contributed by atoms with Crippen LogP contribution in [0, 0.1) is 13.8 Å². The number of anilines is 1. The van der Waals surface area contributed by atoms with Crippen LogP contribution >= 0.6 is 0 Å². The molecule has 0 saturated carbocycles. The van der Waals surface area contributed by atoms with E-state index in [0.29, 0.717) is 35.8 Å². The van der Waals surface area contributed by atoms with Crippen molar-refractivity contribution in [3.8, 4) is 11.5 Å². The average Bonchev–Trinajstić information content (AvgIpc) is 3.00. The van der Waals surface area contributed by atoms with Crippen LogP contribution in [0.2, 0.25) is 0 Å². The van der Waals surface area contributed by atoms with Crippen LogP contribution in [-0.4, -0.2) is 50.2 Å². The van der Waals surface area contributed by atoms with E-state index in [2.05, 4.69) is 5.32 Å². The number of aryl methyl sites for hydroxylation is 2. The van der Waals surface area contributed by atoms with Crippen molar-refractivity contribution in [2.24, 2.45) is 0 Å². The van der Waals surface area contributed by atoms with Crippen molar-refractivity contribution in [1.82, 2.24) is 4.90 Å². The summed E-state index contributed by atoms with van der Waals surface area (Å²) in [6, 6.07) is 11.1. The van der Waals surface area contributed by atoms with Crippen LogP contribution in [0.15, 0.2) is 42.1 Å². The molecule has 0 fully saturated rings. The van der Waals surface area contributed by atoms with Gasteiger partial charge >= 0.3 is 0 Å². The minimum atomic E-state index is -0.360. The highest BCUT2D eigenvalue weighted by molar-refractivity contribution is 6.36. The van der Waals surface area contributed by atoms with Crippen LogP contribution in [0.25, 0.3) is 5.57 Å². The highest BCUT2D eigenvalue weighted by Crippen LogP contribution is 2.34. The summed E-state index contributed by atoms with van der Waals surface area (Å²) in [4.78, 5) is 28.1. The summed E-state index contributed by atoms with van der Waals surface area (Å²) < 4.78 is 16.3. The third-order valence-electron chi connectivity index (χ3n) is 5.42. The first-order valence-electron chi connectivity index (χ1n) is 11.0. The molecule has 0 radical (unpaired) electrons. The number of benzene rings is 2. The number of imide groups is 1. The summed E-state index contributed by atoms with van der Waals surface area (Å²) >= 11 is 0. The number of ether oxygens (including phenoxy) is 3. The summed E-state index contributed by atoms with van der Waals surface area (Å²) in [6.07, 6.45) is 0.662. The maximum absolute atomic E-state index is 13.4. The minimum absolute atomic E-state index is 0.0964. The Bertz CT molecular complexity index is 1050. The molecule has 2 amide bonds. The van der Waals surface area contributed by atoms with E-state index in [1.165, 1.54) is 4.90 Å². The van der Waals surface area contributed by atoms with Gasteiger partial charge < -0.3 is 19.5 Å². The Morgan fingerprint density at radius 3 is 2.18 bits per heavy atom. The molecule has 2 aromatic rings. The smallest absolute Gasteiger partial charge is 0.278 e. The van der Waals surface area contributed by atoms with E-state index in [-0.39, 0.29) is 30.2 Å². The number of methoxy groups -OCH3 is 2. The number of rotatable bonds is 10. The lowest BCUT2D eigenvalue weighted by atomic mass is 9.97. The molecule has 7 nitrogen and oxygen atoms in total. The largest absolute Gasteiger partial charge is 0.497 e. The third kappa shape index (κ3) is 5.54. The van der Waals surface area contributed by atoms with E-state index < -0.39 is 0 Å². The molecule has 1 heterocycles. The molecule has 1 aliphatic rings. The second kappa shape index (κ2) is 10.5. The van der Waals surface area contributed by atoms with Crippen LogP contribution in [0.1, 0.15) is 37.0 Å². The first-order valence-corrected chi connectivity index (χ1v) is 11.0. The first kappa shape index (κ1) is 24.3. The maximum Gasteiger partial charge on any atom is 0.278 e. The van der Waals surface area contributed by atoms with Crippen LogP contribution < -0.4 is 14.8 Å². The monoisotopic (exact) mass is 452 g/mol. The lowest BCUT2D eigenvalue weighted by Crippen LogP contribution is -2.34. The van der Waals surface area contributed by atoms with E-state index >= 15 is 0 Å². The summed E-state index contributed by atoms with van der Waals surface area (Å²) in [7, 11) is 3.12. The van der Waals surface area contributed by atoms with Gasteiger partial charge in [0.05, 0.1) is 25.9 Å². The minimum Gasteiger partial charge on any atom is -0.497 e. The lowest BCUT2D eigenvalue weighted by Gasteiger charge is -2.16. The summed E-state index contributed by atoms with van der Waals surface area (Å²) in [6.45, 7) is 8.61. The van der Waals surface area contributed by atoms with Gasteiger partial charge in [-0.1, -0.05) is 23.8 Å². The second-order valence-corrected chi connectivity index (χ2v) is 8.33. The van der Waals surface area contributed by atoms with Crippen molar-refractivity contribution in [3.63, 3.8) is 0 Å². The summed E-state index contributed by atoms with van der Waals surface area (Å²) in [5.74, 6) is 0.477. The molecule has 0 aliphatic carbocycles. The van der Waals surface area contributed by atoms with E-state index in [0.717, 1.165) is 16.7 Å². The number of amides is 2. The number of carbonyl (C=O) groups excluding carboxylic acids is 2. The second-order valence-electron chi connectivity index (χ2n) is 8.33. The Morgan fingerprint density at radius 1 is 0.939 bits per heavy atom. The molecular weight excluding hydrogens is 420 g/mol. The Balaban J connectivity index is 2.00. The Kier molecular flexibility index (Phi) is 7.76. The molecular formula is C26H32N2O5. The molecule has 7 heteroatoms. The van der Waals surface area contributed by atoms with Gasteiger partial charge in [-0.3, -0.25) is 14.5 Å². The Hall–Kier alpha value is -3.32. The first-order chi connectivity index (χ1) is 15.7. The molecule has 1 N–H and O–H groups in total. The summed E-state index contributed by atoms with van der Waals surface area (Å²) in [5, 5.41) is 3.18. The van der Waals surface area contributed by atoms with Crippen LogP contribution in [0.5, 0.6) is 11.5 Å². The van der Waals surface area contributed by atoms with Crippen molar-refractivity contribution in [2.75, 3.05) is 32.7 Å². The Labute approximate surface area is 195 Å². The van der Waals surface area contributed by atoms with Gasteiger partial charge in [0.15, 0.2) is 0 Å². The van der Waals surface area contributed by atoms with Crippen molar-refractivity contribution in [3.05, 3.63) is 58.8 Å². The normalized spacial score (nSPS) is 13.8. The van der Waals surface area contributed by atoms with Gasteiger partial charge in [-0.25, -0.2) is 0 Å². The number of hydrogen-bond acceptors (Lipinski definition) is 6. The molecule has 0 spiro atoms. The SMILES string of the molecule is COc1cc(NC2=C(c3ccc(C)cc3C)C(=O)N(CCCOC(C)C)C2=O)cc(OC)c1. The molecule has 3 rings (SSSR count). The zero-order valence-corrected chi connectivity index (χ0v) is 20.2. The van der Waals surface area contributed by atoms with Crippen LogP contribution in [0.3, 0.4) is 0 Å². The van der Waals surface area contributed by atoms with Crippen LogP contribution in [0.4, 0.5) is 5.69 Å². The fourth-order valence-electron chi connectivity index (χ4n) is 3.80. The highest BCUT2D eigenvalue weighted by atomic mass is 16.5. The standard InChI is InChI=1S/C26H32N2O5/c1-16(2)33-11-7-10-28-25(29)23(22-9-8-17(3)12-18(22)4)24(26(28)30)27-19-13-20(31-5)15-21(14-19)32-6/h8-9,12-16,27H,7,10-11H2,1-6H3. The predicted octanol–water partition coefficient (Wildman–Crippen LogP) is 4.33. The van der Waals surface area contributed by atoms with Gasteiger partial charge in [-0.2, -0.15) is 0 Å². The van der Waals surface area contributed by atoms with Crippen molar-refractivity contribution >= 4 is 23.1 Å². The molecule has 176 valence electrons. The van der Waals surface area contributed by atoms with Crippen molar-refractivity contribution < 1.29 is 23.8 Å². The van der Waals surface area contributed by atoms with Gasteiger partial charge in [0, 0.05) is 37.0 Å². The zero-order chi connectivity index (χ0) is 24.1. The fraction of sp³-hybridized carbons (Fsp3) is 0.385. The van der Waals surface area contributed by atoms with Crippen molar-refractivity contribution in [2.45, 2.75) is 40.2 Å². The lowest BCUT2D eigenvalue weighted by molar-refractivity contribution is -0.137. The van der Waals surface area contributed by atoms with Gasteiger partial charge in [-0.15, -0.1) is 0 Å². The topological polar surface area (TPSA) is 77.1 Å². The highest BCUT2D eigenvalue weighted by Gasteiger charge is 2.39. The van der Waals surface area contributed by atoms with E-state index in [1.807, 2.05) is 45.9 Å². The van der Waals surface area contributed by atoms with E-state index in [9.17, 15) is 9.59 Å². The molecule has 0 unspecified atom stereocenters. The van der Waals surface area contributed by atoms with Gasteiger partial charge in [-0.05, 0) is 45.2 Å². The quantitative estimate of drug-likeness (QED) is 0.427. The number of carbonyl (C=O) groups is 2. The van der Waals surface area contributed by atoms with E-state index in [4.69, 9.17) is 14.2 Å². The number of hydrogen-bond donors (Lipinski definition) is 1. The number of nitrogens with zero attached hydrogens (tertiary/aromatic N) is 1. The van der Waals surface area contributed by atoms with Gasteiger partial charge in [0.25, 0.3) is 11.8 Å². The van der Waals surface area contributed by atoms with Gasteiger partial charge in [0.1, 0.15) is 17.2 Å². The fourth-order valence-corrected chi connectivity index (χ4v) is 3.80. The molecule has 1 aliphatic heterocycles. The third-order valence-corrected chi connectivity index (χ3v) is 5.42. The molecule has 0 bridgehead atoms. The molecule has 33 heavy (non-hydrogen) atoms. The molecule has 0 atom stereocenters. The van der Waals surface area contributed by atoms with E-state index in [1.54, 1.807) is 32.4 Å². The average molecular weight is 453 g/mol.